The van der Waals surface area contributed by atoms with E-state index in [2.05, 4.69) is 33.5 Å². The van der Waals surface area contributed by atoms with Gasteiger partial charge in [-0.2, -0.15) is 0 Å². The molecular formula is C21H27BrN2O2. The van der Waals surface area contributed by atoms with Crippen molar-refractivity contribution >= 4 is 33.2 Å². The van der Waals surface area contributed by atoms with Crippen molar-refractivity contribution < 1.29 is 9.53 Å². The summed E-state index contributed by atoms with van der Waals surface area (Å²) in [7, 11) is 0. The molecule has 0 aromatic heterocycles. The van der Waals surface area contributed by atoms with Crippen molar-refractivity contribution in [1.82, 2.24) is 0 Å². The molecule has 0 aliphatic heterocycles. The van der Waals surface area contributed by atoms with Gasteiger partial charge in [0, 0.05) is 21.9 Å². The summed E-state index contributed by atoms with van der Waals surface area (Å²) >= 11 is 3.39. The average molecular weight is 419 g/mol. The second-order valence-electron chi connectivity index (χ2n) is 6.20. The van der Waals surface area contributed by atoms with Crippen LogP contribution in [-0.4, -0.2) is 19.1 Å². The fourth-order valence-electron chi connectivity index (χ4n) is 2.55. The van der Waals surface area contributed by atoms with Crippen molar-refractivity contribution in [3.63, 3.8) is 0 Å². The van der Waals surface area contributed by atoms with Crippen LogP contribution >= 0.6 is 15.9 Å². The van der Waals surface area contributed by atoms with Crippen LogP contribution in [0.4, 0.5) is 11.4 Å². The molecule has 0 radical (unpaired) electrons. The largest absolute Gasteiger partial charge is 0.494 e. The highest BCUT2D eigenvalue weighted by Crippen LogP contribution is 2.18. The fourth-order valence-corrected chi connectivity index (χ4v) is 2.94. The molecule has 1 amide bonds. The van der Waals surface area contributed by atoms with Gasteiger partial charge in [0.2, 0.25) is 5.91 Å². The number of amides is 1. The van der Waals surface area contributed by atoms with E-state index in [-0.39, 0.29) is 12.5 Å². The quantitative estimate of drug-likeness (QED) is 0.450. The minimum atomic E-state index is -0.0923. The first-order chi connectivity index (χ1) is 12.7. The summed E-state index contributed by atoms with van der Waals surface area (Å²) in [5, 5.41) is 6.00. The van der Waals surface area contributed by atoms with Crippen LogP contribution in [0.15, 0.2) is 53.0 Å². The average Bonchev–Trinajstić information content (AvgIpc) is 2.63. The van der Waals surface area contributed by atoms with Crippen LogP contribution in [0.2, 0.25) is 0 Å². The molecule has 4 nitrogen and oxygen atoms in total. The molecule has 0 saturated heterocycles. The molecule has 0 unspecified atom stereocenters. The van der Waals surface area contributed by atoms with Crippen LogP contribution in [0.25, 0.3) is 0 Å². The Bertz CT molecular complexity index is 691. The Morgan fingerprint density at radius 3 is 2.58 bits per heavy atom. The van der Waals surface area contributed by atoms with Gasteiger partial charge in [0.25, 0.3) is 0 Å². The predicted molar refractivity (Wildman–Crippen MR) is 112 cm³/mol. The van der Waals surface area contributed by atoms with Gasteiger partial charge in [0.15, 0.2) is 0 Å². The van der Waals surface area contributed by atoms with E-state index in [0.717, 1.165) is 34.6 Å². The molecule has 0 aliphatic rings. The predicted octanol–water partition coefficient (Wildman–Crippen LogP) is 5.85. The molecule has 0 saturated carbocycles. The summed E-state index contributed by atoms with van der Waals surface area (Å²) in [4.78, 5) is 12.1. The van der Waals surface area contributed by atoms with Gasteiger partial charge in [-0.15, -0.1) is 0 Å². The van der Waals surface area contributed by atoms with Crippen molar-refractivity contribution in [3.05, 3.63) is 53.0 Å². The minimum Gasteiger partial charge on any atom is -0.494 e. The zero-order valence-corrected chi connectivity index (χ0v) is 16.8. The molecule has 26 heavy (non-hydrogen) atoms. The smallest absolute Gasteiger partial charge is 0.243 e. The molecule has 0 atom stereocenters. The summed E-state index contributed by atoms with van der Waals surface area (Å²) in [6.07, 6.45) is 6.11. The first kappa shape index (κ1) is 20.3. The lowest BCUT2D eigenvalue weighted by atomic mass is 10.2. The summed E-state index contributed by atoms with van der Waals surface area (Å²) in [5.74, 6) is 0.739. The standard InChI is InChI=1S/C21H27BrN2O2/c1-2-3-4-5-6-13-26-20-12-8-10-18(15-20)23-16-21(25)24-19-11-7-9-17(22)14-19/h7-12,14-15,23H,2-6,13,16H2,1H3,(H,24,25). The maximum absolute atomic E-state index is 12.1. The van der Waals surface area contributed by atoms with Gasteiger partial charge >= 0.3 is 0 Å². The fraction of sp³-hybridized carbons (Fsp3) is 0.381. The molecular weight excluding hydrogens is 392 g/mol. The number of benzene rings is 2. The Morgan fingerprint density at radius 1 is 1.00 bits per heavy atom. The van der Waals surface area contributed by atoms with Crippen LogP contribution < -0.4 is 15.4 Å². The number of halogens is 1. The first-order valence-electron chi connectivity index (χ1n) is 9.19. The zero-order valence-electron chi connectivity index (χ0n) is 15.3. The Hall–Kier alpha value is -2.01. The highest BCUT2D eigenvalue weighted by molar-refractivity contribution is 9.10. The van der Waals surface area contributed by atoms with Crippen LogP contribution in [-0.2, 0) is 4.79 Å². The Labute approximate surface area is 164 Å². The van der Waals surface area contributed by atoms with E-state index >= 15 is 0 Å². The van der Waals surface area contributed by atoms with Crippen molar-refractivity contribution in [2.45, 2.75) is 39.0 Å². The van der Waals surface area contributed by atoms with Gasteiger partial charge < -0.3 is 15.4 Å². The van der Waals surface area contributed by atoms with Crippen molar-refractivity contribution in [1.29, 1.82) is 0 Å². The SMILES string of the molecule is CCCCCCCOc1cccc(NCC(=O)Nc2cccc(Br)c2)c1. The van der Waals surface area contributed by atoms with Crippen LogP contribution in [0.3, 0.4) is 0 Å². The Morgan fingerprint density at radius 2 is 1.77 bits per heavy atom. The second-order valence-corrected chi connectivity index (χ2v) is 7.12. The third-order valence-corrected chi connectivity index (χ3v) is 4.41. The van der Waals surface area contributed by atoms with Gasteiger partial charge in [0.05, 0.1) is 13.2 Å². The van der Waals surface area contributed by atoms with Gasteiger partial charge in [-0.05, 0) is 36.8 Å². The minimum absolute atomic E-state index is 0.0923. The Kier molecular flexibility index (Phi) is 9.04. The topological polar surface area (TPSA) is 50.4 Å². The van der Waals surface area contributed by atoms with Gasteiger partial charge in [-0.1, -0.05) is 60.7 Å². The number of unbranched alkanes of at least 4 members (excludes halogenated alkanes) is 4. The number of hydrogen-bond acceptors (Lipinski definition) is 3. The first-order valence-corrected chi connectivity index (χ1v) is 9.99. The molecule has 5 heteroatoms. The molecule has 0 fully saturated rings. The van der Waals surface area contributed by atoms with Crippen LogP contribution in [0, 0.1) is 0 Å². The number of carbonyl (C=O) groups is 1. The lowest BCUT2D eigenvalue weighted by molar-refractivity contribution is -0.114. The lowest BCUT2D eigenvalue weighted by Crippen LogP contribution is -2.21. The van der Waals surface area contributed by atoms with Gasteiger partial charge in [-0.3, -0.25) is 4.79 Å². The third kappa shape index (κ3) is 7.91. The molecule has 0 bridgehead atoms. The van der Waals surface area contributed by atoms with E-state index in [9.17, 15) is 4.79 Å². The van der Waals surface area contributed by atoms with Gasteiger partial charge in [0.1, 0.15) is 5.75 Å². The van der Waals surface area contributed by atoms with Crippen molar-refractivity contribution in [2.24, 2.45) is 0 Å². The normalized spacial score (nSPS) is 10.4. The number of rotatable bonds is 11. The zero-order chi connectivity index (χ0) is 18.6. The monoisotopic (exact) mass is 418 g/mol. The molecule has 0 aliphatic carbocycles. The van der Waals surface area contributed by atoms with E-state index < -0.39 is 0 Å². The number of anilines is 2. The highest BCUT2D eigenvalue weighted by Gasteiger charge is 2.03. The van der Waals surface area contributed by atoms with E-state index in [1.54, 1.807) is 0 Å². The number of carbonyl (C=O) groups excluding carboxylic acids is 1. The maximum atomic E-state index is 12.1. The molecule has 2 aromatic carbocycles. The Balaban J connectivity index is 1.73. The molecule has 2 N–H and O–H groups in total. The van der Waals surface area contributed by atoms with Crippen molar-refractivity contribution in [3.8, 4) is 5.75 Å². The molecule has 140 valence electrons. The third-order valence-electron chi connectivity index (χ3n) is 3.91. The molecule has 2 aromatic rings. The number of nitrogens with one attached hydrogen (secondary N) is 2. The summed E-state index contributed by atoms with van der Waals surface area (Å²) in [6.45, 7) is 3.15. The van der Waals surface area contributed by atoms with E-state index in [1.165, 1.54) is 25.7 Å². The van der Waals surface area contributed by atoms with Gasteiger partial charge in [-0.25, -0.2) is 0 Å². The second kappa shape index (κ2) is 11.6. The maximum Gasteiger partial charge on any atom is 0.243 e. The van der Waals surface area contributed by atoms with Crippen LogP contribution in [0.5, 0.6) is 5.75 Å². The summed E-state index contributed by atoms with van der Waals surface area (Å²) in [5.41, 5.74) is 1.64. The lowest BCUT2D eigenvalue weighted by Gasteiger charge is -2.10. The molecule has 2 rings (SSSR count). The summed E-state index contributed by atoms with van der Waals surface area (Å²) < 4.78 is 6.73. The molecule has 0 heterocycles. The number of hydrogen-bond donors (Lipinski definition) is 2. The van der Waals surface area contributed by atoms with E-state index in [4.69, 9.17) is 4.74 Å². The van der Waals surface area contributed by atoms with E-state index in [1.807, 2.05) is 48.5 Å². The van der Waals surface area contributed by atoms with Crippen molar-refractivity contribution in [2.75, 3.05) is 23.8 Å². The van der Waals surface area contributed by atoms with E-state index in [0.29, 0.717) is 0 Å². The molecule has 0 spiro atoms. The number of ether oxygens (including phenoxy) is 1. The van der Waals surface area contributed by atoms with Crippen LogP contribution in [0.1, 0.15) is 39.0 Å². The highest BCUT2D eigenvalue weighted by atomic mass is 79.9. The summed E-state index contributed by atoms with van der Waals surface area (Å²) in [6, 6.07) is 15.3.